The fourth-order valence-corrected chi connectivity index (χ4v) is 2.55. The Bertz CT molecular complexity index is 802. The number of pyridine rings is 1. The maximum absolute atomic E-state index is 12.0. The average molecular weight is 283 g/mol. The van der Waals surface area contributed by atoms with E-state index in [1.807, 2.05) is 0 Å². The summed E-state index contributed by atoms with van der Waals surface area (Å²) in [7, 11) is 0. The van der Waals surface area contributed by atoms with Crippen LogP contribution in [-0.4, -0.2) is 27.0 Å². The van der Waals surface area contributed by atoms with Gasteiger partial charge in [0.05, 0.1) is 11.1 Å². The zero-order chi connectivity index (χ0) is 15.1. The first-order valence-electron chi connectivity index (χ1n) is 6.40. The molecule has 2 aromatic heterocycles. The maximum Gasteiger partial charge on any atom is 0.337 e. The van der Waals surface area contributed by atoms with Gasteiger partial charge in [-0.3, -0.25) is 4.79 Å². The Hall–Kier alpha value is -2.89. The van der Waals surface area contributed by atoms with Gasteiger partial charge < -0.3 is 15.4 Å². The number of carbonyl (C=O) groups excluding carboxylic acids is 1. The minimum atomic E-state index is -0.983. The zero-order valence-corrected chi connectivity index (χ0v) is 11.5. The summed E-state index contributed by atoms with van der Waals surface area (Å²) in [6, 6.07) is 3.55. The molecule has 3 rings (SSSR count). The van der Waals surface area contributed by atoms with Crippen LogP contribution in [0.2, 0.25) is 0 Å². The van der Waals surface area contributed by atoms with Crippen molar-refractivity contribution in [2.75, 3.05) is 5.32 Å². The van der Waals surface area contributed by atoms with Gasteiger partial charge in [0.2, 0.25) is 0 Å². The Balaban J connectivity index is 2.14. The molecule has 0 aliphatic carbocycles. The number of nitrogens with zero attached hydrogens (tertiary/aromatic N) is 1. The summed E-state index contributed by atoms with van der Waals surface area (Å²) in [5.74, 6) is -0.704. The van der Waals surface area contributed by atoms with Gasteiger partial charge in [0, 0.05) is 23.1 Å². The summed E-state index contributed by atoms with van der Waals surface area (Å²) >= 11 is 0. The number of aromatic amines is 1. The second-order valence-electron chi connectivity index (χ2n) is 4.88. The van der Waals surface area contributed by atoms with Gasteiger partial charge in [-0.25, -0.2) is 9.78 Å². The number of amides is 1. The first-order chi connectivity index (χ1) is 9.99. The summed E-state index contributed by atoms with van der Waals surface area (Å²) in [4.78, 5) is 30.4. The van der Waals surface area contributed by atoms with Crippen molar-refractivity contribution in [2.24, 2.45) is 0 Å². The van der Waals surface area contributed by atoms with Crippen LogP contribution in [0.3, 0.4) is 0 Å². The van der Waals surface area contributed by atoms with Crippen molar-refractivity contribution in [1.29, 1.82) is 0 Å². The van der Waals surface area contributed by atoms with E-state index in [0.29, 0.717) is 33.9 Å². The van der Waals surface area contributed by atoms with E-state index in [1.54, 1.807) is 38.3 Å². The molecule has 0 saturated carbocycles. The lowest BCUT2D eigenvalue weighted by Gasteiger charge is -1.98. The normalized spacial score (nSPS) is 15.1. The number of carbonyl (C=O) groups is 2. The molecule has 1 aliphatic rings. The van der Waals surface area contributed by atoms with E-state index >= 15 is 0 Å². The van der Waals surface area contributed by atoms with E-state index in [9.17, 15) is 14.7 Å². The predicted molar refractivity (Wildman–Crippen MR) is 78.0 cm³/mol. The predicted octanol–water partition coefficient (Wildman–Crippen LogP) is 2.22. The highest BCUT2D eigenvalue weighted by Gasteiger charge is 2.26. The summed E-state index contributed by atoms with van der Waals surface area (Å²) < 4.78 is 0. The van der Waals surface area contributed by atoms with Crippen LogP contribution in [0.15, 0.2) is 18.3 Å². The first kappa shape index (κ1) is 13.1. The standard InChI is InChI=1S/C15H13N3O3/c1-7-11(17-8(2)12(7)15(20)21)6-10-9-4-3-5-16-13(9)18-14(10)19/h3-6,17H,1-2H3,(H,20,21)(H,16,18,19)/b10-6-. The molecule has 3 heterocycles. The molecule has 0 aromatic carbocycles. The summed E-state index contributed by atoms with van der Waals surface area (Å²) in [5, 5.41) is 11.9. The molecule has 6 nitrogen and oxygen atoms in total. The SMILES string of the molecule is Cc1[nH]c(/C=C2\C(=O)Nc3ncccc32)c(C)c1C(=O)O. The van der Waals surface area contributed by atoms with Crippen LogP contribution in [0.1, 0.15) is 32.9 Å². The van der Waals surface area contributed by atoms with Crippen molar-refractivity contribution in [2.45, 2.75) is 13.8 Å². The minimum Gasteiger partial charge on any atom is -0.478 e. The van der Waals surface area contributed by atoms with Crippen molar-refractivity contribution in [3.63, 3.8) is 0 Å². The second-order valence-corrected chi connectivity index (χ2v) is 4.88. The van der Waals surface area contributed by atoms with Gasteiger partial charge in [-0.1, -0.05) is 0 Å². The molecule has 0 saturated heterocycles. The van der Waals surface area contributed by atoms with Crippen molar-refractivity contribution in [1.82, 2.24) is 9.97 Å². The van der Waals surface area contributed by atoms with Crippen molar-refractivity contribution in [3.05, 3.63) is 46.4 Å². The third-order valence-corrected chi connectivity index (χ3v) is 3.55. The lowest BCUT2D eigenvalue weighted by atomic mass is 10.1. The number of nitrogens with one attached hydrogen (secondary N) is 2. The highest BCUT2D eigenvalue weighted by Crippen LogP contribution is 2.32. The number of H-pyrrole nitrogens is 1. The number of aryl methyl sites for hydroxylation is 1. The molecule has 2 aromatic rings. The smallest absolute Gasteiger partial charge is 0.337 e. The van der Waals surface area contributed by atoms with Gasteiger partial charge in [0.15, 0.2) is 0 Å². The van der Waals surface area contributed by atoms with E-state index in [4.69, 9.17) is 0 Å². The molecule has 0 spiro atoms. The van der Waals surface area contributed by atoms with Gasteiger partial charge in [-0.2, -0.15) is 0 Å². The largest absolute Gasteiger partial charge is 0.478 e. The number of aromatic carboxylic acids is 1. The lowest BCUT2D eigenvalue weighted by Crippen LogP contribution is -2.04. The molecule has 3 N–H and O–H groups in total. The topological polar surface area (TPSA) is 95.1 Å². The summed E-state index contributed by atoms with van der Waals surface area (Å²) in [6.45, 7) is 3.42. The Morgan fingerprint density at radius 2 is 2.14 bits per heavy atom. The quantitative estimate of drug-likeness (QED) is 0.736. The Kier molecular flexibility index (Phi) is 2.86. The highest BCUT2D eigenvalue weighted by atomic mass is 16.4. The van der Waals surface area contributed by atoms with Gasteiger partial charge in [0.25, 0.3) is 5.91 Å². The summed E-state index contributed by atoms with van der Waals surface area (Å²) in [6.07, 6.45) is 3.27. The third kappa shape index (κ3) is 2.01. The fraction of sp³-hybridized carbons (Fsp3) is 0.133. The van der Waals surface area contributed by atoms with Crippen LogP contribution in [-0.2, 0) is 4.79 Å². The number of hydrogen-bond acceptors (Lipinski definition) is 3. The molecular weight excluding hydrogens is 270 g/mol. The third-order valence-electron chi connectivity index (χ3n) is 3.55. The van der Waals surface area contributed by atoms with E-state index < -0.39 is 5.97 Å². The van der Waals surface area contributed by atoms with Crippen LogP contribution in [0, 0.1) is 13.8 Å². The number of fused-ring (bicyclic) bond motifs is 1. The lowest BCUT2D eigenvalue weighted by molar-refractivity contribution is -0.110. The van der Waals surface area contributed by atoms with Crippen molar-refractivity contribution >= 4 is 29.3 Å². The van der Waals surface area contributed by atoms with Crippen LogP contribution < -0.4 is 5.32 Å². The summed E-state index contributed by atoms with van der Waals surface area (Å²) in [5.41, 5.74) is 3.22. The molecular formula is C15H13N3O3. The number of rotatable bonds is 2. The van der Waals surface area contributed by atoms with Crippen molar-refractivity contribution < 1.29 is 14.7 Å². The molecule has 6 heteroatoms. The number of anilines is 1. The highest BCUT2D eigenvalue weighted by molar-refractivity contribution is 6.34. The average Bonchev–Trinajstić information content (AvgIpc) is 2.88. The van der Waals surface area contributed by atoms with E-state index in [1.165, 1.54) is 0 Å². The molecule has 106 valence electrons. The molecule has 1 aliphatic heterocycles. The maximum atomic E-state index is 12.0. The van der Waals surface area contributed by atoms with E-state index in [2.05, 4.69) is 15.3 Å². The minimum absolute atomic E-state index is 0.242. The van der Waals surface area contributed by atoms with Crippen LogP contribution in [0.25, 0.3) is 11.6 Å². The Morgan fingerprint density at radius 3 is 2.81 bits per heavy atom. The number of hydrogen-bond donors (Lipinski definition) is 3. The first-order valence-corrected chi connectivity index (χ1v) is 6.40. The zero-order valence-electron chi connectivity index (χ0n) is 11.5. The van der Waals surface area contributed by atoms with Crippen LogP contribution in [0.4, 0.5) is 5.82 Å². The van der Waals surface area contributed by atoms with E-state index in [0.717, 1.165) is 0 Å². The van der Waals surface area contributed by atoms with Gasteiger partial charge in [0.1, 0.15) is 5.82 Å². The van der Waals surface area contributed by atoms with Crippen molar-refractivity contribution in [3.8, 4) is 0 Å². The molecule has 0 bridgehead atoms. The molecule has 0 atom stereocenters. The van der Waals surface area contributed by atoms with Crippen LogP contribution in [0.5, 0.6) is 0 Å². The number of carboxylic acid groups (broad SMARTS) is 1. The Morgan fingerprint density at radius 1 is 1.38 bits per heavy atom. The molecule has 0 radical (unpaired) electrons. The number of carboxylic acids is 1. The van der Waals surface area contributed by atoms with Crippen LogP contribution >= 0.6 is 0 Å². The Labute approximate surface area is 120 Å². The number of aromatic nitrogens is 2. The van der Waals surface area contributed by atoms with E-state index in [-0.39, 0.29) is 11.5 Å². The van der Waals surface area contributed by atoms with Gasteiger partial charge in [-0.05, 0) is 37.6 Å². The van der Waals surface area contributed by atoms with Gasteiger partial charge in [-0.15, -0.1) is 0 Å². The van der Waals surface area contributed by atoms with Gasteiger partial charge >= 0.3 is 5.97 Å². The second kappa shape index (κ2) is 4.59. The fourth-order valence-electron chi connectivity index (χ4n) is 2.55. The molecule has 1 amide bonds. The monoisotopic (exact) mass is 283 g/mol. The molecule has 0 fully saturated rings. The molecule has 21 heavy (non-hydrogen) atoms. The molecule has 0 unspecified atom stereocenters.